The van der Waals surface area contributed by atoms with E-state index in [1.807, 2.05) is 13.2 Å². The van der Waals surface area contributed by atoms with Gasteiger partial charge >= 0.3 is 0 Å². The number of thiophene rings is 1. The number of nitrogens with zero attached hydrogens (tertiary/aromatic N) is 1. The van der Waals surface area contributed by atoms with Crippen molar-refractivity contribution >= 4 is 27.3 Å². The summed E-state index contributed by atoms with van der Waals surface area (Å²) < 4.78 is 1.17. The smallest absolute Gasteiger partial charge is 0.123 e. The Balaban J connectivity index is 2.09. The molecule has 2 N–H and O–H groups in total. The molecule has 0 amide bonds. The molecule has 1 unspecified atom stereocenters. The fraction of sp³-hybridized carbons (Fsp3) is 0.300. The van der Waals surface area contributed by atoms with Crippen molar-refractivity contribution in [1.82, 2.24) is 15.3 Å². The molecule has 0 saturated heterocycles. The first-order valence-electron chi connectivity index (χ1n) is 4.70. The molecule has 0 aliphatic heterocycles. The zero-order chi connectivity index (χ0) is 10.7. The first-order valence-corrected chi connectivity index (χ1v) is 6.31. The number of aromatic amines is 1. The summed E-state index contributed by atoms with van der Waals surface area (Å²) in [5.74, 6) is 0.988. The zero-order valence-electron chi connectivity index (χ0n) is 8.33. The van der Waals surface area contributed by atoms with E-state index in [2.05, 4.69) is 43.3 Å². The van der Waals surface area contributed by atoms with Gasteiger partial charge < -0.3 is 10.3 Å². The Morgan fingerprint density at radius 3 is 3.00 bits per heavy atom. The first kappa shape index (κ1) is 10.9. The van der Waals surface area contributed by atoms with Crippen molar-refractivity contribution in [3.63, 3.8) is 0 Å². The third-order valence-electron chi connectivity index (χ3n) is 2.23. The van der Waals surface area contributed by atoms with Gasteiger partial charge in [-0.2, -0.15) is 0 Å². The van der Waals surface area contributed by atoms with Gasteiger partial charge in [0, 0.05) is 23.7 Å². The van der Waals surface area contributed by atoms with Gasteiger partial charge in [0.15, 0.2) is 0 Å². The average molecular weight is 286 g/mol. The van der Waals surface area contributed by atoms with Crippen LogP contribution in [0.25, 0.3) is 0 Å². The molecule has 0 fully saturated rings. The number of hydrogen-bond donors (Lipinski definition) is 2. The van der Waals surface area contributed by atoms with Crippen LogP contribution in [0.5, 0.6) is 0 Å². The van der Waals surface area contributed by atoms with Gasteiger partial charge in [-0.25, -0.2) is 4.98 Å². The number of nitrogens with one attached hydrogen (secondary N) is 2. The molecule has 80 valence electrons. The molecular formula is C10H12BrN3S. The molecule has 0 aliphatic carbocycles. The van der Waals surface area contributed by atoms with Gasteiger partial charge in [-0.05, 0) is 35.1 Å². The average Bonchev–Trinajstić information content (AvgIpc) is 2.85. The first-order chi connectivity index (χ1) is 7.29. The Morgan fingerprint density at radius 2 is 2.47 bits per heavy atom. The van der Waals surface area contributed by atoms with Crippen molar-refractivity contribution in [2.45, 2.75) is 12.5 Å². The molecule has 5 heteroatoms. The molecule has 0 aromatic carbocycles. The SMILES string of the molecule is CNC(Cc1ccc(Br)s1)c1ncc[nH]1. The molecule has 0 spiro atoms. The van der Waals surface area contributed by atoms with E-state index in [0.29, 0.717) is 0 Å². The van der Waals surface area contributed by atoms with Crippen molar-refractivity contribution in [2.75, 3.05) is 7.05 Å². The summed E-state index contributed by atoms with van der Waals surface area (Å²) in [6.45, 7) is 0. The van der Waals surface area contributed by atoms with Crippen molar-refractivity contribution in [3.05, 3.63) is 39.0 Å². The lowest BCUT2D eigenvalue weighted by atomic mass is 10.2. The standard InChI is InChI=1S/C10H12BrN3S/c1-12-8(10-13-4-5-14-10)6-7-2-3-9(11)15-7/h2-5,8,12H,6H2,1H3,(H,13,14). The molecule has 15 heavy (non-hydrogen) atoms. The Labute approximate surface area is 101 Å². The van der Waals surface area contributed by atoms with Gasteiger partial charge in [0.25, 0.3) is 0 Å². The summed E-state index contributed by atoms with van der Waals surface area (Å²) in [6.07, 6.45) is 4.59. The summed E-state index contributed by atoms with van der Waals surface area (Å²) in [7, 11) is 1.95. The van der Waals surface area contributed by atoms with Gasteiger partial charge in [-0.3, -0.25) is 0 Å². The van der Waals surface area contributed by atoms with Crippen molar-refractivity contribution in [2.24, 2.45) is 0 Å². The summed E-state index contributed by atoms with van der Waals surface area (Å²) >= 11 is 5.23. The van der Waals surface area contributed by atoms with E-state index in [1.165, 1.54) is 8.66 Å². The van der Waals surface area contributed by atoms with Crippen LogP contribution in [-0.4, -0.2) is 17.0 Å². The number of rotatable bonds is 4. The molecule has 0 bridgehead atoms. The van der Waals surface area contributed by atoms with Crippen molar-refractivity contribution in [3.8, 4) is 0 Å². The van der Waals surface area contributed by atoms with Crippen LogP contribution in [-0.2, 0) is 6.42 Å². The van der Waals surface area contributed by atoms with Gasteiger partial charge in [0.1, 0.15) is 5.82 Å². The van der Waals surface area contributed by atoms with E-state index in [1.54, 1.807) is 17.5 Å². The maximum absolute atomic E-state index is 4.27. The molecule has 2 rings (SSSR count). The maximum atomic E-state index is 4.27. The largest absolute Gasteiger partial charge is 0.347 e. The highest BCUT2D eigenvalue weighted by atomic mass is 79.9. The highest BCUT2D eigenvalue weighted by Crippen LogP contribution is 2.25. The van der Waals surface area contributed by atoms with Gasteiger partial charge in [-0.15, -0.1) is 11.3 Å². The molecular weight excluding hydrogens is 274 g/mol. The van der Waals surface area contributed by atoms with Gasteiger partial charge in [-0.1, -0.05) is 0 Å². The van der Waals surface area contributed by atoms with Crippen molar-refractivity contribution in [1.29, 1.82) is 0 Å². The number of halogens is 1. The lowest BCUT2D eigenvalue weighted by Crippen LogP contribution is -2.19. The minimum atomic E-state index is 0.255. The molecule has 3 nitrogen and oxygen atoms in total. The number of aromatic nitrogens is 2. The second-order valence-corrected chi connectivity index (χ2v) is 5.77. The second kappa shape index (κ2) is 4.92. The normalized spacial score (nSPS) is 12.9. The van der Waals surface area contributed by atoms with E-state index < -0.39 is 0 Å². The number of likely N-dealkylation sites (N-methyl/N-ethyl adjacent to an activating group) is 1. The molecule has 1 atom stereocenters. The summed E-state index contributed by atoms with van der Waals surface area (Å²) in [5, 5.41) is 3.26. The van der Waals surface area contributed by atoms with E-state index in [4.69, 9.17) is 0 Å². The van der Waals surface area contributed by atoms with E-state index >= 15 is 0 Å². The Kier molecular flexibility index (Phi) is 3.56. The highest BCUT2D eigenvalue weighted by Gasteiger charge is 2.13. The van der Waals surface area contributed by atoms with Gasteiger partial charge in [0.05, 0.1) is 9.83 Å². The predicted octanol–water partition coefficient (Wildman–Crippen LogP) is 2.74. The van der Waals surface area contributed by atoms with E-state index in [-0.39, 0.29) is 6.04 Å². The zero-order valence-corrected chi connectivity index (χ0v) is 10.7. The monoisotopic (exact) mass is 285 g/mol. The number of imidazole rings is 1. The topological polar surface area (TPSA) is 40.7 Å². The maximum Gasteiger partial charge on any atom is 0.123 e. The Hall–Kier alpha value is -0.650. The molecule has 0 aliphatic rings. The molecule has 0 radical (unpaired) electrons. The Morgan fingerprint density at radius 1 is 1.60 bits per heavy atom. The fourth-order valence-electron chi connectivity index (χ4n) is 1.47. The van der Waals surface area contributed by atoms with Crippen LogP contribution in [0.1, 0.15) is 16.7 Å². The summed E-state index contributed by atoms with van der Waals surface area (Å²) in [4.78, 5) is 8.74. The fourth-order valence-corrected chi connectivity index (χ4v) is 2.99. The number of H-pyrrole nitrogens is 1. The lowest BCUT2D eigenvalue weighted by molar-refractivity contribution is 0.567. The van der Waals surface area contributed by atoms with Crippen LogP contribution in [0.3, 0.4) is 0 Å². The third-order valence-corrected chi connectivity index (χ3v) is 3.88. The third kappa shape index (κ3) is 2.68. The second-order valence-electron chi connectivity index (χ2n) is 3.23. The van der Waals surface area contributed by atoms with Crippen LogP contribution >= 0.6 is 27.3 Å². The van der Waals surface area contributed by atoms with Crippen LogP contribution in [0.2, 0.25) is 0 Å². The molecule has 2 heterocycles. The van der Waals surface area contributed by atoms with Crippen LogP contribution < -0.4 is 5.32 Å². The van der Waals surface area contributed by atoms with Crippen LogP contribution in [0.4, 0.5) is 0 Å². The van der Waals surface area contributed by atoms with Gasteiger partial charge in [0.2, 0.25) is 0 Å². The summed E-state index contributed by atoms with van der Waals surface area (Å²) in [5.41, 5.74) is 0. The minimum Gasteiger partial charge on any atom is -0.347 e. The highest BCUT2D eigenvalue weighted by molar-refractivity contribution is 9.11. The molecule has 0 saturated carbocycles. The van der Waals surface area contributed by atoms with Crippen LogP contribution in [0.15, 0.2) is 28.3 Å². The number of hydrogen-bond acceptors (Lipinski definition) is 3. The van der Waals surface area contributed by atoms with E-state index in [0.717, 1.165) is 12.2 Å². The molecule has 2 aromatic rings. The predicted molar refractivity (Wildman–Crippen MR) is 66.1 cm³/mol. The van der Waals surface area contributed by atoms with Crippen LogP contribution in [0, 0.1) is 0 Å². The Bertz CT molecular complexity index is 410. The quantitative estimate of drug-likeness (QED) is 0.907. The molecule has 2 aromatic heterocycles. The minimum absolute atomic E-state index is 0.255. The lowest BCUT2D eigenvalue weighted by Gasteiger charge is -2.11. The summed E-state index contributed by atoms with van der Waals surface area (Å²) in [6, 6.07) is 4.47. The van der Waals surface area contributed by atoms with Crippen molar-refractivity contribution < 1.29 is 0 Å². The van der Waals surface area contributed by atoms with E-state index in [9.17, 15) is 0 Å².